The van der Waals surface area contributed by atoms with Crippen molar-refractivity contribution in [2.24, 2.45) is 5.73 Å². The third kappa shape index (κ3) is 4.82. The van der Waals surface area contributed by atoms with E-state index in [1.807, 2.05) is 38.1 Å². The van der Waals surface area contributed by atoms with E-state index in [9.17, 15) is 9.18 Å². The quantitative estimate of drug-likeness (QED) is 0.857. The van der Waals surface area contributed by atoms with Crippen LogP contribution in [0, 0.1) is 11.3 Å². The summed E-state index contributed by atoms with van der Waals surface area (Å²) in [7, 11) is 0. The molecule has 2 N–H and O–H groups in total. The Bertz CT molecular complexity index is 595. The monoisotopic (exact) mass is 372 g/mol. The lowest BCUT2D eigenvalue weighted by Gasteiger charge is -2.33. The number of pyridine rings is 1. The van der Waals surface area contributed by atoms with E-state index in [0.29, 0.717) is 5.75 Å². The summed E-state index contributed by atoms with van der Waals surface area (Å²) >= 11 is 1.52. The molecule has 1 amide bonds. The summed E-state index contributed by atoms with van der Waals surface area (Å²) in [6.45, 7) is 3.72. The minimum atomic E-state index is -1.15. The lowest BCUT2D eigenvalue weighted by Crippen LogP contribution is -2.54. The van der Waals surface area contributed by atoms with Gasteiger partial charge in [-0.25, -0.2) is 4.39 Å². The number of carbonyl (C=O) groups is 1. The van der Waals surface area contributed by atoms with E-state index >= 15 is 0 Å². The lowest BCUT2D eigenvalue weighted by atomic mass is 10.0. The van der Waals surface area contributed by atoms with Crippen molar-refractivity contribution in [3.05, 3.63) is 30.1 Å². The molecule has 0 aromatic carbocycles. The Balaban J connectivity index is 0.00000288. The summed E-state index contributed by atoms with van der Waals surface area (Å²) in [6, 6.07) is 6.12. The number of thioether (sulfide) groups is 1. The van der Waals surface area contributed by atoms with Crippen LogP contribution in [0.2, 0.25) is 0 Å². The maximum absolute atomic E-state index is 13.5. The van der Waals surface area contributed by atoms with Gasteiger partial charge in [0.05, 0.1) is 24.3 Å². The van der Waals surface area contributed by atoms with Crippen molar-refractivity contribution in [1.29, 1.82) is 5.26 Å². The zero-order valence-corrected chi connectivity index (χ0v) is 15.3. The van der Waals surface area contributed by atoms with Gasteiger partial charge in [-0.1, -0.05) is 6.07 Å². The average molecular weight is 373 g/mol. The molecule has 0 unspecified atom stereocenters. The van der Waals surface area contributed by atoms with Crippen LogP contribution >= 0.6 is 24.2 Å². The van der Waals surface area contributed by atoms with Crippen molar-refractivity contribution in [3.63, 3.8) is 0 Å². The van der Waals surface area contributed by atoms with E-state index in [-0.39, 0.29) is 31.3 Å². The zero-order chi connectivity index (χ0) is 17.0. The average Bonchev–Trinajstić information content (AvgIpc) is 2.93. The van der Waals surface area contributed by atoms with Gasteiger partial charge in [-0.05, 0) is 26.0 Å². The number of nitrogens with zero attached hydrogens (tertiary/aromatic N) is 3. The number of carbonyl (C=O) groups excluding carboxylic acids is 1. The van der Waals surface area contributed by atoms with Gasteiger partial charge in [0, 0.05) is 23.1 Å². The molecule has 1 aromatic rings. The van der Waals surface area contributed by atoms with Crippen LogP contribution in [-0.2, 0) is 10.5 Å². The number of rotatable bonds is 5. The van der Waals surface area contributed by atoms with Crippen LogP contribution in [0.25, 0.3) is 0 Å². The SMILES string of the molecule is CC(C)(SCc1ccccn1)[C@H](N)C(=O)N1C[C@@H](F)C[C@H]1C#N.Cl. The fourth-order valence-electron chi connectivity index (χ4n) is 2.46. The van der Waals surface area contributed by atoms with Gasteiger partial charge in [-0.2, -0.15) is 5.26 Å². The number of nitrogens with two attached hydrogens (primary N) is 1. The molecule has 24 heavy (non-hydrogen) atoms. The van der Waals surface area contributed by atoms with Gasteiger partial charge in [-0.3, -0.25) is 9.78 Å². The molecule has 1 aliphatic heterocycles. The van der Waals surface area contributed by atoms with Gasteiger partial charge in [0.2, 0.25) is 5.91 Å². The zero-order valence-electron chi connectivity index (χ0n) is 13.7. The van der Waals surface area contributed by atoms with Gasteiger partial charge in [-0.15, -0.1) is 24.2 Å². The molecule has 8 heteroatoms. The molecule has 5 nitrogen and oxygen atoms in total. The number of halogens is 2. The standard InChI is InChI=1S/C16H21FN4OS.ClH/c1-16(2,23-10-12-5-3-4-6-20-12)14(19)15(22)21-9-11(17)7-13(21)8-18;/h3-6,11,13-14H,7,9-10,19H2,1-2H3;1H/t11-,13-,14+;/m0./s1. The number of hydrogen-bond acceptors (Lipinski definition) is 5. The van der Waals surface area contributed by atoms with Crippen LogP contribution in [0.4, 0.5) is 4.39 Å². The second-order valence-electron chi connectivity index (χ2n) is 6.16. The van der Waals surface area contributed by atoms with Gasteiger partial charge in [0.25, 0.3) is 0 Å². The normalized spacial score (nSPS) is 21.7. The Kier molecular flexibility index (Phi) is 7.46. The molecule has 3 atom stereocenters. The molecule has 2 rings (SSSR count). The number of aromatic nitrogens is 1. The van der Waals surface area contributed by atoms with Crippen molar-refractivity contribution in [1.82, 2.24) is 9.88 Å². The van der Waals surface area contributed by atoms with E-state index in [0.717, 1.165) is 5.69 Å². The molecule has 132 valence electrons. The minimum Gasteiger partial charge on any atom is -0.322 e. The van der Waals surface area contributed by atoms with E-state index in [4.69, 9.17) is 11.0 Å². The van der Waals surface area contributed by atoms with Crippen molar-refractivity contribution >= 4 is 30.1 Å². The van der Waals surface area contributed by atoms with E-state index in [1.165, 1.54) is 16.7 Å². The smallest absolute Gasteiger partial charge is 0.242 e. The molecule has 0 aliphatic carbocycles. The molecular formula is C16H22ClFN4OS. The number of amides is 1. The highest BCUT2D eigenvalue weighted by Crippen LogP contribution is 2.32. The van der Waals surface area contributed by atoms with Crippen molar-refractivity contribution < 1.29 is 9.18 Å². The topological polar surface area (TPSA) is 83.0 Å². The Hall–Kier alpha value is -1.36. The molecule has 1 aliphatic rings. The van der Waals surface area contributed by atoms with Crippen molar-refractivity contribution in [3.8, 4) is 6.07 Å². The van der Waals surface area contributed by atoms with Crippen LogP contribution in [0.3, 0.4) is 0 Å². The van der Waals surface area contributed by atoms with Crippen molar-refractivity contribution in [2.75, 3.05) is 6.54 Å². The Labute approximate surface area is 152 Å². The fraction of sp³-hybridized carbons (Fsp3) is 0.562. The molecule has 0 bridgehead atoms. The first-order chi connectivity index (χ1) is 10.8. The first kappa shape index (κ1) is 20.7. The molecule has 1 fully saturated rings. The third-order valence-electron chi connectivity index (χ3n) is 4.02. The van der Waals surface area contributed by atoms with Crippen LogP contribution in [0.5, 0.6) is 0 Å². The van der Waals surface area contributed by atoms with Gasteiger partial charge in [0.1, 0.15) is 12.2 Å². The van der Waals surface area contributed by atoms with E-state index in [1.54, 1.807) is 6.20 Å². The van der Waals surface area contributed by atoms with Gasteiger partial charge < -0.3 is 10.6 Å². The minimum absolute atomic E-state index is 0. The maximum Gasteiger partial charge on any atom is 0.242 e. The number of hydrogen-bond donors (Lipinski definition) is 1. The predicted octanol–water partition coefficient (Wildman–Crippen LogP) is 2.31. The molecule has 0 saturated carbocycles. The third-order valence-corrected chi connectivity index (χ3v) is 5.45. The second kappa shape index (κ2) is 8.65. The van der Waals surface area contributed by atoms with Gasteiger partial charge in [0.15, 0.2) is 0 Å². The van der Waals surface area contributed by atoms with Crippen molar-refractivity contribution in [2.45, 2.75) is 49.0 Å². The summed E-state index contributed by atoms with van der Waals surface area (Å²) < 4.78 is 12.9. The maximum atomic E-state index is 13.5. The summed E-state index contributed by atoms with van der Waals surface area (Å²) in [5.41, 5.74) is 7.04. The lowest BCUT2D eigenvalue weighted by molar-refractivity contribution is -0.133. The Morgan fingerprint density at radius 1 is 1.62 bits per heavy atom. The predicted molar refractivity (Wildman–Crippen MR) is 95.5 cm³/mol. The Morgan fingerprint density at radius 3 is 2.92 bits per heavy atom. The summed E-state index contributed by atoms with van der Waals surface area (Å²) in [5.74, 6) is 0.262. The number of alkyl halides is 1. The highest BCUT2D eigenvalue weighted by molar-refractivity contribution is 7.99. The van der Waals surface area contributed by atoms with Crippen LogP contribution in [0.1, 0.15) is 26.0 Å². The fourth-order valence-corrected chi connectivity index (χ4v) is 3.43. The number of likely N-dealkylation sites (tertiary alicyclic amines) is 1. The molecule has 0 spiro atoms. The highest BCUT2D eigenvalue weighted by atomic mass is 35.5. The first-order valence-corrected chi connectivity index (χ1v) is 8.47. The summed E-state index contributed by atoms with van der Waals surface area (Å²) in [4.78, 5) is 18.1. The van der Waals surface area contributed by atoms with Crippen LogP contribution in [0.15, 0.2) is 24.4 Å². The molecule has 0 radical (unpaired) electrons. The molecular weight excluding hydrogens is 351 g/mol. The molecule has 2 heterocycles. The summed E-state index contributed by atoms with van der Waals surface area (Å²) in [6.07, 6.45) is 0.633. The van der Waals surface area contributed by atoms with E-state index < -0.39 is 23.0 Å². The first-order valence-electron chi connectivity index (χ1n) is 7.48. The molecule has 1 aromatic heterocycles. The Morgan fingerprint density at radius 2 is 2.33 bits per heavy atom. The highest BCUT2D eigenvalue weighted by Gasteiger charge is 2.42. The van der Waals surface area contributed by atoms with E-state index in [2.05, 4.69) is 4.98 Å². The van der Waals surface area contributed by atoms with Crippen LogP contribution in [-0.4, -0.2) is 45.3 Å². The second-order valence-corrected chi connectivity index (χ2v) is 7.79. The number of nitriles is 1. The van der Waals surface area contributed by atoms with Gasteiger partial charge >= 0.3 is 0 Å². The summed E-state index contributed by atoms with van der Waals surface area (Å²) in [5, 5.41) is 9.07. The molecule has 1 saturated heterocycles. The largest absolute Gasteiger partial charge is 0.322 e. The van der Waals surface area contributed by atoms with Crippen LogP contribution < -0.4 is 5.73 Å².